The van der Waals surface area contributed by atoms with Crippen molar-refractivity contribution in [2.75, 3.05) is 5.73 Å². The molecule has 3 heteroatoms. The highest BCUT2D eigenvalue weighted by Crippen LogP contribution is 2.12. The van der Waals surface area contributed by atoms with E-state index in [0.29, 0.717) is 17.2 Å². The van der Waals surface area contributed by atoms with Crippen molar-refractivity contribution in [1.29, 1.82) is 0 Å². The van der Waals surface area contributed by atoms with Crippen LogP contribution in [0.5, 0.6) is 0 Å². The van der Waals surface area contributed by atoms with Crippen LogP contribution in [-0.4, -0.2) is 12.1 Å². The molecule has 0 saturated carbocycles. The first-order valence-corrected chi connectivity index (χ1v) is 5.07. The molecule has 0 fully saturated rings. The Labute approximate surface area is 90.2 Å². The quantitative estimate of drug-likeness (QED) is 0.612. The molecular weight excluding hydrogens is 190 g/mol. The van der Waals surface area contributed by atoms with Gasteiger partial charge in [0.05, 0.1) is 5.56 Å². The lowest BCUT2D eigenvalue weighted by Gasteiger charge is -2.16. The number of ether oxygens (including phenoxy) is 1. The first-order valence-electron chi connectivity index (χ1n) is 5.07. The molecule has 1 rings (SSSR count). The maximum Gasteiger partial charge on any atom is 0.338 e. The summed E-state index contributed by atoms with van der Waals surface area (Å²) in [6.45, 7) is 5.91. The summed E-state index contributed by atoms with van der Waals surface area (Å²) in [6.07, 6.45) is -0.0843. The standard InChI is InChI=1S/C12H17NO2/c1-8(2)9(3)15-12(14)10-5-4-6-11(13)7-10/h4-9H,13H2,1-3H3. The van der Waals surface area contributed by atoms with E-state index in [1.165, 1.54) is 0 Å². The van der Waals surface area contributed by atoms with Crippen LogP contribution in [0.4, 0.5) is 5.69 Å². The predicted octanol–water partition coefficient (Wildman–Crippen LogP) is 2.47. The topological polar surface area (TPSA) is 52.3 Å². The fourth-order valence-electron chi connectivity index (χ4n) is 1.04. The zero-order valence-corrected chi connectivity index (χ0v) is 9.36. The third-order valence-corrected chi connectivity index (χ3v) is 2.35. The first kappa shape index (κ1) is 11.6. The minimum atomic E-state index is -0.316. The summed E-state index contributed by atoms with van der Waals surface area (Å²) in [6, 6.07) is 6.80. The number of rotatable bonds is 3. The number of nitrogens with two attached hydrogens (primary N) is 1. The second-order valence-electron chi connectivity index (χ2n) is 3.98. The summed E-state index contributed by atoms with van der Waals surface area (Å²) in [7, 11) is 0. The second-order valence-corrected chi connectivity index (χ2v) is 3.98. The number of anilines is 1. The van der Waals surface area contributed by atoms with Gasteiger partial charge in [-0.25, -0.2) is 4.79 Å². The third-order valence-electron chi connectivity index (χ3n) is 2.35. The number of nitrogen functional groups attached to an aromatic ring is 1. The van der Waals surface area contributed by atoms with Gasteiger partial charge in [0.2, 0.25) is 0 Å². The Morgan fingerprint density at radius 2 is 2.00 bits per heavy atom. The zero-order chi connectivity index (χ0) is 11.4. The molecule has 2 N–H and O–H groups in total. The van der Waals surface area contributed by atoms with Crippen LogP contribution in [0.1, 0.15) is 31.1 Å². The number of esters is 1. The van der Waals surface area contributed by atoms with Crippen molar-refractivity contribution in [2.24, 2.45) is 5.92 Å². The van der Waals surface area contributed by atoms with E-state index in [1.54, 1.807) is 24.3 Å². The SMILES string of the molecule is CC(C)C(C)OC(=O)c1cccc(N)c1. The van der Waals surface area contributed by atoms with E-state index in [-0.39, 0.29) is 12.1 Å². The van der Waals surface area contributed by atoms with E-state index in [4.69, 9.17) is 10.5 Å². The van der Waals surface area contributed by atoms with Crippen molar-refractivity contribution in [3.63, 3.8) is 0 Å². The molecule has 0 amide bonds. The Morgan fingerprint density at radius 1 is 1.33 bits per heavy atom. The molecule has 0 aliphatic rings. The first-order chi connectivity index (χ1) is 7.00. The summed E-state index contributed by atoms with van der Waals surface area (Å²) in [4.78, 5) is 11.6. The molecule has 1 aromatic rings. The number of hydrogen-bond acceptors (Lipinski definition) is 3. The monoisotopic (exact) mass is 207 g/mol. The number of hydrogen-bond donors (Lipinski definition) is 1. The molecule has 1 atom stereocenters. The molecule has 0 spiro atoms. The molecule has 3 nitrogen and oxygen atoms in total. The fourth-order valence-corrected chi connectivity index (χ4v) is 1.04. The molecule has 0 aliphatic heterocycles. The summed E-state index contributed by atoms with van der Waals surface area (Å²) >= 11 is 0. The van der Waals surface area contributed by atoms with Crippen molar-refractivity contribution < 1.29 is 9.53 Å². The molecule has 0 aliphatic carbocycles. The molecular formula is C12H17NO2. The lowest BCUT2D eigenvalue weighted by atomic mass is 10.1. The van der Waals surface area contributed by atoms with Gasteiger partial charge in [0, 0.05) is 5.69 Å². The van der Waals surface area contributed by atoms with Gasteiger partial charge in [-0.1, -0.05) is 19.9 Å². The van der Waals surface area contributed by atoms with E-state index < -0.39 is 0 Å². The normalized spacial score (nSPS) is 12.5. The van der Waals surface area contributed by atoms with Crippen molar-refractivity contribution in [3.8, 4) is 0 Å². The second kappa shape index (κ2) is 4.82. The van der Waals surface area contributed by atoms with Crippen LogP contribution in [0.15, 0.2) is 24.3 Å². The van der Waals surface area contributed by atoms with Crippen molar-refractivity contribution in [3.05, 3.63) is 29.8 Å². The van der Waals surface area contributed by atoms with E-state index in [9.17, 15) is 4.79 Å². The Bertz CT molecular complexity index is 347. The van der Waals surface area contributed by atoms with E-state index >= 15 is 0 Å². The maximum absolute atomic E-state index is 11.6. The third kappa shape index (κ3) is 3.27. The zero-order valence-electron chi connectivity index (χ0n) is 9.36. The number of carbonyl (C=O) groups excluding carboxylic acids is 1. The molecule has 0 aromatic heterocycles. The van der Waals surface area contributed by atoms with Crippen LogP contribution < -0.4 is 5.73 Å². The highest BCUT2D eigenvalue weighted by Gasteiger charge is 2.14. The van der Waals surface area contributed by atoms with E-state index in [1.807, 2.05) is 20.8 Å². The highest BCUT2D eigenvalue weighted by atomic mass is 16.5. The Kier molecular flexibility index (Phi) is 3.72. The van der Waals surface area contributed by atoms with Crippen LogP contribution in [0.2, 0.25) is 0 Å². The summed E-state index contributed by atoms with van der Waals surface area (Å²) in [5, 5.41) is 0. The Hall–Kier alpha value is -1.51. The smallest absolute Gasteiger partial charge is 0.338 e. The highest BCUT2D eigenvalue weighted by molar-refractivity contribution is 5.90. The molecule has 0 saturated heterocycles. The van der Waals surface area contributed by atoms with Gasteiger partial charge in [0.15, 0.2) is 0 Å². The average Bonchev–Trinajstić information content (AvgIpc) is 2.17. The molecule has 0 radical (unpaired) electrons. The van der Waals surface area contributed by atoms with E-state index in [0.717, 1.165) is 0 Å². The lowest BCUT2D eigenvalue weighted by molar-refractivity contribution is 0.0238. The van der Waals surface area contributed by atoms with Crippen molar-refractivity contribution in [1.82, 2.24) is 0 Å². The minimum Gasteiger partial charge on any atom is -0.459 e. The molecule has 82 valence electrons. The van der Waals surface area contributed by atoms with Gasteiger partial charge in [-0.3, -0.25) is 0 Å². The van der Waals surface area contributed by atoms with Gasteiger partial charge in [0.1, 0.15) is 6.10 Å². The number of carbonyl (C=O) groups is 1. The van der Waals surface area contributed by atoms with Crippen molar-refractivity contribution in [2.45, 2.75) is 26.9 Å². The van der Waals surface area contributed by atoms with Crippen LogP contribution >= 0.6 is 0 Å². The average molecular weight is 207 g/mol. The molecule has 0 heterocycles. The van der Waals surface area contributed by atoms with Gasteiger partial charge in [0.25, 0.3) is 0 Å². The van der Waals surface area contributed by atoms with E-state index in [2.05, 4.69) is 0 Å². The Balaban J connectivity index is 2.69. The number of benzene rings is 1. The Morgan fingerprint density at radius 3 is 2.53 bits per heavy atom. The van der Waals surface area contributed by atoms with Crippen molar-refractivity contribution >= 4 is 11.7 Å². The maximum atomic E-state index is 11.6. The molecule has 1 aromatic carbocycles. The minimum absolute atomic E-state index is 0.0843. The molecule has 15 heavy (non-hydrogen) atoms. The predicted molar refractivity (Wildman–Crippen MR) is 60.6 cm³/mol. The van der Waals surface area contributed by atoms with Gasteiger partial charge >= 0.3 is 5.97 Å². The fraction of sp³-hybridized carbons (Fsp3) is 0.417. The van der Waals surface area contributed by atoms with Gasteiger partial charge in [-0.2, -0.15) is 0 Å². The molecule has 0 bridgehead atoms. The van der Waals surface area contributed by atoms with Crippen LogP contribution in [-0.2, 0) is 4.74 Å². The largest absolute Gasteiger partial charge is 0.459 e. The summed E-state index contributed by atoms with van der Waals surface area (Å²) in [5.41, 5.74) is 6.65. The van der Waals surface area contributed by atoms with Gasteiger partial charge in [-0.15, -0.1) is 0 Å². The van der Waals surface area contributed by atoms with Crippen LogP contribution in [0.3, 0.4) is 0 Å². The van der Waals surface area contributed by atoms with Gasteiger partial charge < -0.3 is 10.5 Å². The van der Waals surface area contributed by atoms with Crippen LogP contribution in [0, 0.1) is 5.92 Å². The van der Waals surface area contributed by atoms with Crippen LogP contribution in [0.25, 0.3) is 0 Å². The summed E-state index contributed by atoms with van der Waals surface area (Å²) in [5.74, 6) is -0.00138. The summed E-state index contributed by atoms with van der Waals surface area (Å²) < 4.78 is 5.26. The molecule has 1 unspecified atom stereocenters. The lowest BCUT2D eigenvalue weighted by Crippen LogP contribution is -2.20. The van der Waals surface area contributed by atoms with Gasteiger partial charge in [-0.05, 0) is 31.0 Å².